The standard InChI is InChI=1S/C23H18Cl2FN3O/c24-14-7-9-20(18(25)12-14)28-22(30)6-3-4-16-17-13-15(26)8-10-19(17)29-23(16)21-5-1-2-11-27-21/h1-2,5,7-13,29H,3-4,6H2,(H,28,30). The molecule has 0 radical (unpaired) electrons. The molecule has 0 aliphatic heterocycles. The van der Waals surface area contributed by atoms with Crippen molar-refractivity contribution in [3.05, 3.63) is 82.2 Å². The number of hydrogen-bond acceptors (Lipinski definition) is 2. The molecule has 0 bridgehead atoms. The minimum absolute atomic E-state index is 0.148. The Morgan fingerprint density at radius 3 is 2.73 bits per heavy atom. The molecule has 2 aromatic heterocycles. The van der Waals surface area contributed by atoms with E-state index in [0.29, 0.717) is 35.0 Å². The molecule has 0 fully saturated rings. The Morgan fingerprint density at radius 1 is 1.10 bits per heavy atom. The van der Waals surface area contributed by atoms with E-state index in [0.717, 1.165) is 27.9 Å². The highest BCUT2D eigenvalue weighted by Crippen LogP contribution is 2.31. The molecule has 4 aromatic rings. The quantitative estimate of drug-likeness (QED) is 0.352. The number of nitrogens with zero attached hydrogens (tertiary/aromatic N) is 1. The van der Waals surface area contributed by atoms with E-state index in [1.165, 1.54) is 12.1 Å². The number of carbonyl (C=O) groups excluding carboxylic acids is 1. The molecule has 4 nitrogen and oxygen atoms in total. The molecule has 2 aromatic carbocycles. The average Bonchev–Trinajstić information content (AvgIpc) is 3.08. The topological polar surface area (TPSA) is 57.8 Å². The van der Waals surface area contributed by atoms with Crippen LogP contribution in [0.4, 0.5) is 10.1 Å². The van der Waals surface area contributed by atoms with Crippen molar-refractivity contribution in [1.82, 2.24) is 9.97 Å². The number of fused-ring (bicyclic) bond motifs is 1. The van der Waals surface area contributed by atoms with Gasteiger partial charge in [0.1, 0.15) is 5.82 Å². The van der Waals surface area contributed by atoms with Gasteiger partial charge in [-0.25, -0.2) is 4.39 Å². The van der Waals surface area contributed by atoms with Crippen molar-refractivity contribution in [2.24, 2.45) is 0 Å². The van der Waals surface area contributed by atoms with E-state index >= 15 is 0 Å². The first-order valence-electron chi connectivity index (χ1n) is 9.47. The number of anilines is 1. The number of carbonyl (C=O) groups is 1. The first kappa shape index (κ1) is 20.4. The van der Waals surface area contributed by atoms with Crippen molar-refractivity contribution < 1.29 is 9.18 Å². The normalized spacial score (nSPS) is 11.0. The molecule has 2 heterocycles. The molecule has 30 heavy (non-hydrogen) atoms. The van der Waals surface area contributed by atoms with Gasteiger partial charge in [0.15, 0.2) is 0 Å². The summed E-state index contributed by atoms with van der Waals surface area (Å²) in [6.45, 7) is 0. The zero-order valence-corrected chi connectivity index (χ0v) is 17.4. The van der Waals surface area contributed by atoms with Crippen LogP contribution in [0.25, 0.3) is 22.3 Å². The predicted octanol–water partition coefficient (Wildman–Crippen LogP) is 6.64. The summed E-state index contributed by atoms with van der Waals surface area (Å²) in [5.74, 6) is -0.449. The summed E-state index contributed by atoms with van der Waals surface area (Å²) in [6.07, 6.45) is 3.19. The predicted molar refractivity (Wildman–Crippen MR) is 120 cm³/mol. The van der Waals surface area contributed by atoms with Crippen LogP contribution in [-0.2, 0) is 11.2 Å². The summed E-state index contributed by atoms with van der Waals surface area (Å²) in [4.78, 5) is 20.1. The Kier molecular flexibility index (Phi) is 6.02. The largest absolute Gasteiger partial charge is 0.353 e. The third-order valence-corrected chi connectivity index (χ3v) is 5.37. The molecule has 0 saturated carbocycles. The lowest BCUT2D eigenvalue weighted by atomic mass is 10.0. The average molecular weight is 442 g/mol. The van der Waals surface area contributed by atoms with Gasteiger partial charge in [-0.2, -0.15) is 0 Å². The van der Waals surface area contributed by atoms with Crippen molar-refractivity contribution in [1.29, 1.82) is 0 Å². The number of nitrogens with one attached hydrogen (secondary N) is 2. The minimum Gasteiger partial charge on any atom is -0.353 e. The third-order valence-electron chi connectivity index (χ3n) is 4.83. The van der Waals surface area contributed by atoms with E-state index < -0.39 is 0 Å². The lowest BCUT2D eigenvalue weighted by Gasteiger charge is -2.08. The zero-order chi connectivity index (χ0) is 21.1. The summed E-state index contributed by atoms with van der Waals surface area (Å²) in [5, 5.41) is 4.50. The van der Waals surface area contributed by atoms with Gasteiger partial charge in [0, 0.05) is 28.5 Å². The van der Waals surface area contributed by atoms with E-state index in [4.69, 9.17) is 23.2 Å². The first-order chi connectivity index (χ1) is 14.5. The fourth-order valence-electron chi connectivity index (χ4n) is 3.44. The highest BCUT2D eigenvalue weighted by Gasteiger charge is 2.15. The summed E-state index contributed by atoms with van der Waals surface area (Å²) in [7, 11) is 0. The maximum Gasteiger partial charge on any atom is 0.224 e. The molecule has 0 saturated heterocycles. The van der Waals surface area contributed by atoms with E-state index in [9.17, 15) is 9.18 Å². The SMILES string of the molecule is O=C(CCCc1c(-c2ccccn2)[nH]c2ccc(F)cc12)Nc1ccc(Cl)cc1Cl. The van der Waals surface area contributed by atoms with Gasteiger partial charge in [-0.3, -0.25) is 9.78 Å². The Morgan fingerprint density at radius 2 is 1.97 bits per heavy atom. The number of H-pyrrole nitrogens is 1. The van der Waals surface area contributed by atoms with Gasteiger partial charge in [0.2, 0.25) is 5.91 Å². The molecule has 1 amide bonds. The minimum atomic E-state index is -0.301. The van der Waals surface area contributed by atoms with Crippen molar-refractivity contribution >= 4 is 45.7 Å². The van der Waals surface area contributed by atoms with Gasteiger partial charge in [-0.1, -0.05) is 29.3 Å². The van der Waals surface area contributed by atoms with Crippen molar-refractivity contribution in [3.63, 3.8) is 0 Å². The number of aryl methyl sites for hydroxylation is 1. The first-order valence-corrected chi connectivity index (χ1v) is 10.2. The molecule has 0 atom stereocenters. The Balaban J connectivity index is 1.52. The molecule has 0 aliphatic carbocycles. The molecule has 0 aliphatic rings. The van der Waals surface area contributed by atoms with Crippen molar-refractivity contribution in [3.8, 4) is 11.4 Å². The second-order valence-electron chi connectivity index (χ2n) is 6.91. The number of aromatic amines is 1. The molecular weight excluding hydrogens is 424 g/mol. The van der Waals surface area contributed by atoms with Crippen LogP contribution in [0.3, 0.4) is 0 Å². The van der Waals surface area contributed by atoms with Crippen LogP contribution < -0.4 is 5.32 Å². The highest BCUT2D eigenvalue weighted by atomic mass is 35.5. The zero-order valence-electron chi connectivity index (χ0n) is 15.9. The number of hydrogen-bond donors (Lipinski definition) is 2. The smallest absolute Gasteiger partial charge is 0.224 e. The summed E-state index contributed by atoms with van der Waals surface area (Å²) in [6, 6.07) is 15.2. The molecule has 7 heteroatoms. The summed E-state index contributed by atoms with van der Waals surface area (Å²) in [5.41, 5.74) is 3.93. The van der Waals surface area contributed by atoms with E-state index in [2.05, 4.69) is 15.3 Å². The van der Waals surface area contributed by atoms with E-state index in [-0.39, 0.29) is 11.7 Å². The molecule has 2 N–H and O–H groups in total. The van der Waals surface area contributed by atoms with Crippen LogP contribution in [0.1, 0.15) is 18.4 Å². The van der Waals surface area contributed by atoms with Crippen LogP contribution in [0.5, 0.6) is 0 Å². The maximum absolute atomic E-state index is 13.9. The summed E-state index contributed by atoms with van der Waals surface area (Å²) >= 11 is 12.0. The Hall–Kier alpha value is -2.89. The molecule has 152 valence electrons. The number of pyridine rings is 1. The second kappa shape index (κ2) is 8.86. The summed E-state index contributed by atoms with van der Waals surface area (Å²) < 4.78 is 13.9. The van der Waals surface area contributed by atoms with Crippen molar-refractivity contribution in [2.75, 3.05) is 5.32 Å². The number of halogens is 3. The molecule has 0 unspecified atom stereocenters. The van der Waals surface area contributed by atoms with E-state index in [1.807, 2.05) is 18.2 Å². The number of aromatic nitrogens is 2. The highest BCUT2D eigenvalue weighted by molar-refractivity contribution is 6.36. The molecule has 0 spiro atoms. The lowest BCUT2D eigenvalue weighted by molar-refractivity contribution is -0.116. The Bertz CT molecular complexity index is 1210. The fraction of sp³-hybridized carbons (Fsp3) is 0.130. The molecular formula is C23H18Cl2FN3O. The third kappa shape index (κ3) is 4.48. The van der Waals surface area contributed by atoms with Crippen LogP contribution >= 0.6 is 23.2 Å². The van der Waals surface area contributed by atoms with Gasteiger partial charge in [-0.15, -0.1) is 0 Å². The van der Waals surface area contributed by atoms with Gasteiger partial charge < -0.3 is 10.3 Å². The fourth-order valence-corrected chi connectivity index (χ4v) is 3.89. The Labute approximate surface area is 183 Å². The van der Waals surface area contributed by atoms with Gasteiger partial charge in [-0.05, 0) is 66.9 Å². The van der Waals surface area contributed by atoms with E-state index in [1.54, 1.807) is 30.5 Å². The lowest BCUT2D eigenvalue weighted by Crippen LogP contribution is -2.11. The van der Waals surface area contributed by atoms with Crippen molar-refractivity contribution in [2.45, 2.75) is 19.3 Å². The van der Waals surface area contributed by atoms with Crippen LogP contribution in [-0.4, -0.2) is 15.9 Å². The maximum atomic E-state index is 13.9. The van der Waals surface area contributed by atoms with Gasteiger partial charge >= 0.3 is 0 Å². The monoisotopic (exact) mass is 441 g/mol. The number of benzene rings is 2. The second-order valence-corrected chi connectivity index (χ2v) is 7.75. The van der Waals surface area contributed by atoms with Crippen LogP contribution in [0, 0.1) is 5.82 Å². The molecule has 4 rings (SSSR count). The van der Waals surface area contributed by atoms with Gasteiger partial charge in [0.05, 0.1) is 22.1 Å². The number of amides is 1. The number of rotatable bonds is 6. The van der Waals surface area contributed by atoms with Crippen LogP contribution in [0.15, 0.2) is 60.8 Å². The van der Waals surface area contributed by atoms with Crippen LogP contribution in [0.2, 0.25) is 10.0 Å². The van der Waals surface area contributed by atoms with Gasteiger partial charge in [0.25, 0.3) is 0 Å².